The minimum atomic E-state index is 0.0121. The van der Waals surface area contributed by atoms with Gasteiger partial charge in [0.25, 0.3) is 5.91 Å². The van der Waals surface area contributed by atoms with E-state index in [1.165, 1.54) is 4.90 Å². The van der Waals surface area contributed by atoms with E-state index in [0.29, 0.717) is 12.3 Å². The Morgan fingerprint density at radius 3 is 2.43 bits per heavy atom. The van der Waals surface area contributed by atoms with Crippen molar-refractivity contribution in [1.82, 2.24) is 0 Å². The van der Waals surface area contributed by atoms with Crippen molar-refractivity contribution in [2.75, 3.05) is 42.9 Å². The third kappa shape index (κ3) is 5.53. The number of carbonyl (C=O) groups excluding carboxylic acids is 1. The van der Waals surface area contributed by atoms with Gasteiger partial charge in [-0.15, -0.1) is 0 Å². The number of nitrogens with one attached hydrogen (secondary N) is 2. The molecule has 0 saturated carbocycles. The molecule has 0 atom stereocenters. The molecule has 1 saturated heterocycles. The Labute approximate surface area is 181 Å². The molecule has 0 spiro atoms. The number of anilines is 2. The van der Waals surface area contributed by atoms with E-state index in [1.807, 2.05) is 72.8 Å². The Morgan fingerprint density at radius 1 is 0.933 bits per heavy atom. The Morgan fingerprint density at radius 2 is 1.67 bits per heavy atom. The molecule has 30 heavy (non-hydrogen) atoms. The molecule has 154 valence electrons. The van der Waals surface area contributed by atoms with Gasteiger partial charge in [-0.1, -0.05) is 41.9 Å². The smallest absolute Gasteiger partial charge is 0.279 e. The van der Waals surface area contributed by atoms with Gasteiger partial charge in [-0.25, -0.2) is 0 Å². The zero-order valence-electron chi connectivity index (χ0n) is 16.7. The molecule has 3 aromatic rings. The predicted octanol–water partition coefficient (Wildman–Crippen LogP) is 3.48. The fraction of sp³-hybridized carbons (Fsp3) is 0.208. The zero-order valence-corrected chi connectivity index (χ0v) is 17.4. The maximum atomic E-state index is 12.5. The number of hydrogen-bond acceptors (Lipinski definition) is 3. The summed E-state index contributed by atoms with van der Waals surface area (Å²) in [5, 5.41) is 3.75. The summed E-state index contributed by atoms with van der Waals surface area (Å²) in [4.78, 5) is 16.1. The van der Waals surface area contributed by atoms with E-state index >= 15 is 0 Å². The molecule has 1 aliphatic heterocycles. The summed E-state index contributed by atoms with van der Waals surface area (Å²) in [6, 6.07) is 25.0. The summed E-state index contributed by atoms with van der Waals surface area (Å²) in [7, 11) is 0. The predicted molar refractivity (Wildman–Crippen MR) is 121 cm³/mol. The lowest BCUT2D eigenvalue weighted by molar-refractivity contribution is -0.892. The topological polar surface area (TPSA) is 46.0 Å². The second kappa shape index (κ2) is 9.65. The summed E-state index contributed by atoms with van der Waals surface area (Å²) in [6.07, 6.45) is 0. The molecule has 5 nitrogen and oxygen atoms in total. The first-order valence-electron chi connectivity index (χ1n) is 10.1. The number of benzene rings is 3. The Bertz CT molecular complexity index is 989. The molecule has 1 amide bonds. The third-order valence-corrected chi connectivity index (χ3v) is 5.39. The minimum absolute atomic E-state index is 0.0121. The van der Waals surface area contributed by atoms with E-state index in [9.17, 15) is 4.79 Å². The lowest BCUT2D eigenvalue weighted by Crippen LogP contribution is -3.15. The second-order valence-corrected chi connectivity index (χ2v) is 7.82. The molecular formula is C24H25ClN3O2+. The van der Waals surface area contributed by atoms with Gasteiger partial charge in [0.15, 0.2) is 6.54 Å². The van der Waals surface area contributed by atoms with E-state index in [-0.39, 0.29) is 5.91 Å². The van der Waals surface area contributed by atoms with Crippen LogP contribution in [0.2, 0.25) is 5.02 Å². The van der Waals surface area contributed by atoms with E-state index in [2.05, 4.69) is 16.3 Å². The number of amides is 1. The van der Waals surface area contributed by atoms with E-state index < -0.39 is 0 Å². The lowest BCUT2D eigenvalue weighted by Gasteiger charge is -2.33. The van der Waals surface area contributed by atoms with Crippen LogP contribution in [0.3, 0.4) is 0 Å². The van der Waals surface area contributed by atoms with Crippen LogP contribution in [0.25, 0.3) is 0 Å². The summed E-state index contributed by atoms with van der Waals surface area (Å²) in [6.45, 7) is 4.09. The van der Waals surface area contributed by atoms with Crippen LogP contribution in [0.1, 0.15) is 0 Å². The highest BCUT2D eigenvalue weighted by Gasteiger charge is 2.22. The average Bonchev–Trinajstić information content (AvgIpc) is 2.75. The summed E-state index contributed by atoms with van der Waals surface area (Å²) < 4.78 is 5.84. The highest BCUT2D eigenvalue weighted by molar-refractivity contribution is 6.30. The van der Waals surface area contributed by atoms with Crippen molar-refractivity contribution < 1.29 is 14.4 Å². The van der Waals surface area contributed by atoms with Crippen molar-refractivity contribution >= 4 is 28.9 Å². The van der Waals surface area contributed by atoms with E-state index in [4.69, 9.17) is 16.3 Å². The number of piperazine rings is 1. The van der Waals surface area contributed by atoms with Crippen LogP contribution in [0.15, 0.2) is 78.9 Å². The molecule has 0 aliphatic carbocycles. The molecule has 1 fully saturated rings. The van der Waals surface area contributed by atoms with Crippen LogP contribution in [0.4, 0.5) is 11.4 Å². The molecule has 0 unspecified atom stereocenters. The molecular weight excluding hydrogens is 398 g/mol. The molecule has 6 heteroatoms. The van der Waals surface area contributed by atoms with Crippen molar-refractivity contribution in [3.8, 4) is 11.5 Å². The van der Waals surface area contributed by atoms with Crippen molar-refractivity contribution in [2.24, 2.45) is 0 Å². The van der Waals surface area contributed by atoms with Crippen molar-refractivity contribution in [2.45, 2.75) is 0 Å². The highest BCUT2D eigenvalue weighted by Crippen LogP contribution is 2.23. The van der Waals surface area contributed by atoms with Gasteiger partial charge >= 0.3 is 0 Å². The van der Waals surface area contributed by atoms with Gasteiger partial charge in [0, 0.05) is 22.5 Å². The number of ether oxygens (including phenoxy) is 1. The van der Waals surface area contributed by atoms with Gasteiger partial charge in [0.1, 0.15) is 11.5 Å². The molecule has 1 heterocycles. The Hall–Kier alpha value is -3.02. The quantitative estimate of drug-likeness (QED) is 0.639. The number of nitrogens with zero attached hydrogens (tertiary/aromatic N) is 1. The molecule has 4 rings (SSSR count). The second-order valence-electron chi connectivity index (χ2n) is 7.38. The van der Waals surface area contributed by atoms with Crippen LogP contribution in [-0.4, -0.2) is 38.6 Å². The normalized spacial score (nSPS) is 14.4. The molecule has 0 bridgehead atoms. The minimum Gasteiger partial charge on any atom is -0.457 e. The average molecular weight is 423 g/mol. The van der Waals surface area contributed by atoms with Gasteiger partial charge in [-0.2, -0.15) is 0 Å². The monoisotopic (exact) mass is 422 g/mol. The van der Waals surface area contributed by atoms with Crippen molar-refractivity contribution in [3.05, 3.63) is 83.9 Å². The van der Waals surface area contributed by atoms with Gasteiger partial charge in [0.05, 0.1) is 26.2 Å². The largest absolute Gasteiger partial charge is 0.457 e. The molecule has 0 radical (unpaired) electrons. The van der Waals surface area contributed by atoms with Crippen LogP contribution >= 0.6 is 11.6 Å². The van der Waals surface area contributed by atoms with Crippen LogP contribution in [-0.2, 0) is 4.79 Å². The number of quaternary nitrogens is 1. The highest BCUT2D eigenvalue weighted by atomic mass is 35.5. The van der Waals surface area contributed by atoms with Crippen molar-refractivity contribution in [3.63, 3.8) is 0 Å². The number of para-hydroxylation sites is 1. The third-order valence-electron chi connectivity index (χ3n) is 5.15. The van der Waals surface area contributed by atoms with E-state index in [0.717, 1.165) is 48.3 Å². The van der Waals surface area contributed by atoms with Gasteiger partial charge in [-0.05, 0) is 42.5 Å². The zero-order chi connectivity index (χ0) is 20.8. The first-order valence-corrected chi connectivity index (χ1v) is 10.5. The Balaban J connectivity index is 1.28. The summed E-state index contributed by atoms with van der Waals surface area (Å²) in [5.41, 5.74) is 1.88. The molecule has 1 aliphatic rings. The summed E-state index contributed by atoms with van der Waals surface area (Å²) in [5.74, 6) is 1.47. The maximum absolute atomic E-state index is 12.5. The lowest BCUT2D eigenvalue weighted by atomic mass is 10.2. The van der Waals surface area contributed by atoms with Gasteiger partial charge in [0.2, 0.25) is 0 Å². The first kappa shape index (κ1) is 20.3. The van der Waals surface area contributed by atoms with Gasteiger partial charge < -0.3 is 19.9 Å². The van der Waals surface area contributed by atoms with Crippen LogP contribution in [0.5, 0.6) is 11.5 Å². The number of carbonyl (C=O) groups is 1. The fourth-order valence-corrected chi connectivity index (χ4v) is 3.81. The standard InChI is InChI=1S/C24H24ClN3O2/c25-19-6-4-8-21(16-19)28-14-12-27(13-15-28)18-24(29)26-20-7-5-11-23(17-20)30-22-9-2-1-3-10-22/h1-11,16-17H,12-15,18H2,(H,26,29)/p+1. The molecule has 3 aromatic carbocycles. The number of halogens is 1. The SMILES string of the molecule is O=C(C[NH+]1CCN(c2cccc(Cl)c2)CC1)Nc1cccc(Oc2ccccc2)c1. The van der Waals surface area contributed by atoms with E-state index in [1.54, 1.807) is 0 Å². The molecule has 2 N–H and O–H groups in total. The fourth-order valence-electron chi connectivity index (χ4n) is 3.62. The number of hydrogen-bond donors (Lipinski definition) is 2. The Kier molecular flexibility index (Phi) is 6.52. The first-order chi connectivity index (χ1) is 14.7. The number of rotatable bonds is 6. The maximum Gasteiger partial charge on any atom is 0.279 e. The summed E-state index contributed by atoms with van der Waals surface area (Å²) >= 11 is 6.10. The molecule has 0 aromatic heterocycles. The van der Waals surface area contributed by atoms with Crippen LogP contribution < -0.4 is 19.9 Å². The van der Waals surface area contributed by atoms with Gasteiger partial charge in [-0.3, -0.25) is 4.79 Å². The van der Waals surface area contributed by atoms with Crippen LogP contribution in [0, 0.1) is 0 Å². The van der Waals surface area contributed by atoms with Crippen molar-refractivity contribution in [1.29, 1.82) is 0 Å².